The molecule has 3 nitrogen and oxygen atoms in total. The summed E-state index contributed by atoms with van der Waals surface area (Å²) in [6.07, 6.45) is -3.77. The molecule has 1 saturated carbocycles. The van der Waals surface area contributed by atoms with Gasteiger partial charge in [-0.05, 0) is 37.3 Å². The molecule has 122 valence electrons. The topological polar surface area (TPSA) is 40.5 Å². The van der Waals surface area contributed by atoms with Gasteiger partial charge in [-0.1, -0.05) is 18.2 Å². The molecule has 1 fully saturated rings. The van der Waals surface area contributed by atoms with Crippen molar-refractivity contribution < 1.29 is 23.1 Å². The van der Waals surface area contributed by atoms with Crippen LogP contribution in [0.3, 0.4) is 0 Å². The molecule has 0 bridgehead atoms. The normalized spacial score (nSPS) is 22.3. The van der Waals surface area contributed by atoms with E-state index in [4.69, 9.17) is 0 Å². The zero-order valence-electron chi connectivity index (χ0n) is 12.6. The zero-order valence-corrected chi connectivity index (χ0v) is 12.6. The Morgan fingerprint density at radius 2 is 2.14 bits per heavy atom. The largest absolute Gasteiger partial charge is 0.416 e. The van der Waals surface area contributed by atoms with Crippen LogP contribution in [0, 0.1) is 5.92 Å². The first-order valence-corrected chi connectivity index (χ1v) is 7.30. The van der Waals surface area contributed by atoms with E-state index in [1.165, 1.54) is 6.07 Å². The molecule has 22 heavy (non-hydrogen) atoms. The Kier molecular flexibility index (Phi) is 4.80. The number of aliphatic hydroxyl groups is 1. The van der Waals surface area contributed by atoms with Gasteiger partial charge >= 0.3 is 6.18 Å². The molecule has 0 radical (unpaired) electrons. The fourth-order valence-electron chi connectivity index (χ4n) is 2.56. The number of alkyl halides is 3. The predicted octanol–water partition coefficient (Wildman–Crippen LogP) is 3.04. The minimum Gasteiger partial charge on any atom is -0.393 e. The molecule has 0 saturated heterocycles. The van der Waals surface area contributed by atoms with Gasteiger partial charge in [0.25, 0.3) is 0 Å². The molecule has 0 aliphatic heterocycles. The quantitative estimate of drug-likeness (QED) is 0.907. The highest BCUT2D eigenvalue weighted by atomic mass is 19.4. The second-order valence-electron chi connectivity index (χ2n) is 5.97. The maximum atomic E-state index is 12.7. The molecular weight excluding hydrogens is 295 g/mol. The van der Waals surface area contributed by atoms with Gasteiger partial charge in [0.2, 0.25) is 5.91 Å². The first kappa shape index (κ1) is 16.8. The first-order chi connectivity index (χ1) is 10.2. The monoisotopic (exact) mass is 315 g/mol. The van der Waals surface area contributed by atoms with Crippen molar-refractivity contribution in [2.24, 2.45) is 5.92 Å². The standard InChI is InChI=1S/C16H20F3NO2/c1-10(21)6-7-20(2)15(22)14-9-13(14)11-4-3-5-12(8-11)16(17,18)19/h3-5,8,10,13-14,21H,6-7,9H2,1-2H3. The van der Waals surface area contributed by atoms with E-state index in [-0.39, 0.29) is 17.7 Å². The Morgan fingerprint density at radius 3 is 2.73 bits per heavy atom. The van der Waals surface area contributed by atoms with Crippen molar-refractivity contribution >= 4 is 5.91 Å². The van der Waals surface area contributed by atoms with E-state index >= 15 is 0 Å². The highest BCUT2D eigenvalue weighted by molar-refractivity contribution is 5.82. The Labute approximate surface area is 127 Å². The third-order valence-electron chi connectivity index (χ3n) is 4.01. The van der Waals surface area contributed by atoms with Crippen LogP contribution >= 0.6 is 0 Å². The third-order valence-corrected chi connectivity index (χ3v) is 4.01. The van der Waals surface area contributed by atoms with Crippen LogP contribution in [0.4, 0.5) is 13.2 Å². The number of halogens is 3. The minimum atomic E-state index is -4.36. The molecule has 0 spiro atoms. The molecule has 0 aromatic heterocycles. The third kappa shape index (κ3) is 4.00. The van der Waals surface area contributed by atoms with Crippen molar-refractivity contribution in [2.45, 2.75) is 38.0 Å². The van der Waals surface area contributed by atoms with Crippen LogP contribution < -0.4 is 0 Å². The Morgan fingerprint density at radius 1 is 1.45 bits per heavy atom. The van der Waals surface area contributed by atoms with Gasteiger partial charge in [-0.25, -0.2) is 0 Å². The number of nitrogens with zero attached hydrogens (tertiary/aromatic N) is 1. The Bertz CT molecular complexity index is 542. The average molecular weight is 315 g/mol. The van der Waals surface area contributed by atoms with Crippen LogP contribution in [-0.4, -0.2) is 35.6 Å². The van der Waals surface area contributed by atoms with Crippen LogP contribution in [0.1, 0.15) is 36.8 Å². The van der Waals surface area contributed by atoms with Gasteiger partial charge in [0, 0.05) is 19.5 Å². The van der Waals surface area contributed by atoms with E-state index in [2.05, 4.69) is 0 Å². The molecule has 2 rings (SSSR count). The second-order valence-corrected chi connectivity index (χ2v) is 5.97. The summed E-state index contributed by atoms with van der Waals surface area (Å²) in [5.41, 5.74) is -0.109. The zero-order chi connectivity index (χ0) is 16.5. The predicted molar refractivity (Wildman–Crippen MR) is 76.2 cm³/mol. The van der Waals surface area contributed by atoms with Crippen molar-refractivity contribution in [1.82, 2.24) is 4.90 Å². The number of carbonyl (C=O) groups is 1. The lowest BCUT2D eigenvalue weighted by molar-refractivity contribution is -0.137. The van der Waals surface area contributed by atoms with Gasteiger partial charge in [0.15, 0.2) is 0 Å². The summed E-state index contributed by atoms with van der Waals surface area (Å²) in [6, 6.07) is 5.20. The first-order valence-electron chi connectivity index (χ1n) is 7.30. The van der Waals surface area contributed by atoms with E-state index in [9.17, 15) is 23.1 Å². The molecular formula is C16H20F3NO2. The summed E-state index contributed by atoms with van der Waals surface area (Å²) in [5, 5.41) is 9.23. The van der Waals surface area contributed by atoms with Crippen molar-refractivity contribution in [1.29, 1.82) is 0 Å². The van der Waals surface area contributed by atoms with Gasteiger partial charge in [-0.15, -0.1) is 0 Å². The van der Waals surface area contributed by atoms with Crippen LogP contribution in [0.5, 0.6) is 0 Å². The fourth-order valence-corrected chi connectivity index (χ4v) is 2.56. The number of rotatable bonds is 5. The SMILES string of the molecule is CC(O)CCN(C)C(=O)C1CC1c1cccc(C(F)(F)F)c1. The molecule has 3 atom stereocenters. The lowest BCUT2D eigenvalue weighted by Crippen LogP contribution is -2.31. The average Bonchev–Trinajstić information content (AvgIpc) is 3.23. The maximum Gasteiger partial charge on any atom is 0.416 e. The van der Waals surface area contributed by atoms with Crippen molar-refractivity contribution in [3.8, 4) is 0 Å². The molecule has 6 heteroatoms. The summed E-state index contributed by atoms with van der Waals surface area (Å²) in [4.78, 5) is 13.8. The van der Waals surface area contributed by atoms with Gasteiger partial charge in [0.1, 0.15) is 0 Å². The van der Waals surface area contributed by atoms with E-state index in [0.29, 0.717) is 24.9 Å². The molecule has 1 aromatic rings. The fraction of sp³-hybridized carbons (Fsp3) is 0.562. The number of carbonyl (C=O) groups excluding carboxylic acids is 1. The van der Waals surface area contributed by atoms with Crippen LogP contribution in [0.2, 0.25) is 0 Å². The van der Waals surface area contributed by atoms with Crippen LogP contribution in [0.15, 0.2) is 24.3 Å². The summed E-state index contributed by atoms with van der Waals surface area (Å²) < 4.78 is 38.1. The van der Waals surface area contributed by atoms with Crippen molar-refractivity contribution in [3.05, 3.63) is 35.4 Å². The van der Waals surface area contributed by atoms with Crippen molar-refractivity contribution in [2.75, 3.05) is 13.6 Å². The maximum absolute atomic E-state index is 12.7. The number of amides is 1. The van der Waals surface area contributed by atoms with Gasteiger partial charge in [0.05, 0.1) is 11.7 Å². The Hall–Kier alpha value is -1.56. The van der Waals surface area contributed by atoms with E-state index in [1.807, 2.05) is 0 Å². The minimum absolute atomic E-state index is 0.0666. The number of aliphatic hydroxyl groups excluding tert-OH is 1. The smallest absolute Gasteiger partial charge is 0.393 e. The number of hydrogen-bond acceptors (Lipinski definition) is 2. The molecule has 1 aliphatic carbocycles. The lowest BCUT2D eigenvalue weighted by atomic mass is 10.0. The van der Waals surface area contributed by atoms with Crippen LogP contribution in [0.25, 0.3) is 0 Å². The number of hydrogen-bond donors (Lipinski definition) is 1. The van der Waals surface area contributed by atoms with Crippen LogP contribution in [-0.2, 0) is 11.0 Å². The van der Waals surface area contributed by atoms with Gasteiger partial charge < -0.3 is 10.0 Å². The summed E-state index contributed by atoms with van der Waals surface area (Å²) >= 11 is 0. The van der Waals surface area contributed by atoms with Gasteiger partial charge in [-0.2, -0.15) is 13.2 Å². The van der Waals surface area contributed by atoms with E-state index < -0.39 is 17.8 Å². The molecule has 1 amide bonds. The highest BCUT2D eigenvalue weighted by Gasteiger charge is 2.45. The highest BCUT2D eigenvalue weighted by Crippen LogP contribution is 2.49. The summed E-state index contributed by atoms with van der Waals surface area (Å²) in [7, 11) is 1.66. The van der Waals surface area contributed by atoms with E-state index in [1.54, 1.807) is 24.9 Å². The number of benzene rings is 1. The molecule has 0 heterocycles. The van der Waals surface area contributed by atoms with Gasteiger partial charge in [-0.3, -0.25) is 4.79 Å². The molecule has 1 aromatic carbocycles. The molecule has 3 unspecified atom stereocenters. The molecule has 1 N–H and O–H groups in total. The Balaban J connectivity index is 1.99. The molecule has 1 aliphatic rings. The summed E-state index contributed by atoms with van der Waals surface area (Å²) in [6.45, 7) is 2.10. The van der Waals surface area contributed by atoms with E-state index in [0.717, 1.165) is 12.1 Å². The second kappa shape index (κ2) is 6.28. The summed E-state index contributed by atoms with van der Waals surface area (Å²) in [5.74, 6) is -0.450. The lowest BCUT2D eigenvalue weighted by Gasteiger charge is -2.18. The van der Waals surface area contributed by atoms with Crippen molar-refractivity contribution in [3.63, 3.8) is 0 Å².